The first-order chi connectivity index (χ1) is 8.36. The van der Waals surface area contributed by atoms with E-state index in [1.165, 1.54) is 11.3 Å². The smallest absolute Gasteiger partial charge is 0.0594 e. The number of halogens is 1. The third-order valence-corrected chi connectivity index (χ3v) is 4.30. The van der Waals surface area contributed by atoms with Crippen LogP contribution < -0.4 is 5.32 Å². The summed E-state index contributed by atoms with van der Waals surface area (Å²) in [6, 6.07) is 1.96. The summed E-state index contributed by atoms with van der Waals surface area (Å²) in [4.78, 5) is 3.70. The Morgan fingerprint density at radius 2 is 2.24 bits per heavy atom. The number of hydrogen-bond donors (Lipinski definition) is 1. The lowest BCUT2D eigenvalue weighted by molar-refractivity contribution is 0.0374. The molecule has 1 aromatic heterocycles. The second-order valence-corrected chi connectivity index (χ2v) is 5.58. The van der Waals surface area contributed by atoms with Crippen LogP contribution >= 0.6 is 22.9 Å². The third-order valence-electron chi connectivity index (χ3n) is 2.91. The zero-order valence-electron chi connectivity index (χ0n) is 9.95. The van der Waals surface area contributed by atoms with Gasteiger partial charge in [-0.1, -0.05) is 11.6 Å². The molecular formula is C12H19ClN2OS. The summed E-state index contributed by atoms with van der Waals surface area (Å²) in [5, 5.41) is 6.36. The largest absolute Gasteiger partial charge is 0.379 e. The van der Waals surface area contributed by atoms with E-state index in [-0.39, 0.29) is 0 Å². The fourth-order valence-corrected chi connectivity index (χ4v) is 2.98. The maximum Gasteiger partial charge on any atom is 0.0594 e. The third kappa shape index (κ3) is 4.56. The quantitative estimate of drug-likeness (QED) is 0.805. The molecule has 1 aliphatic heterocycles. The van der Waals surface area contributed by atoms with Crippen molar-refractivity contribution in [3.63, 3.8) is 0 Å². The molecule has 96 valence electrons. The molecule has 1 aromatic rings. The Bertz CT molecular complexity index is 326. The Hall–Kier alpha value is -0.130. The Morgan fingerprint density at radius 1 is 1.41 bits per heavy atom. The first kappa shape index (κ1) is 13.3. The van der Waals surface area contributed by atoms with Crippen LogP contribution in [0.3, 0.4) is 0 Å². The van der Waals surface area contributed by atoms with Crippen LogP contribution in [0.15, 0.2) is 11.4 Å². The summed E-state index contributed by atoms with van der Waals surface area (Å²) in [5.74, 6) is 0. The Balaban J connectivity index is 1.53. The van der Waals surface area contributed by atoms with Gasteiger partial charge in [-0.05, 0) is 31.0 Å². The average Bonchev–Trinajstić information content (AvgIpc) is 2.76. The molecule has 0 aliphatic carbocycles. The van der Waals surface area contributed by atoms with Gasteiger partial charge in [0, 0.05) is 24.5 Å². The normalized spacial score (nSPS) is 17.5. The zero-order chi connectivity index (χ0) is 11.9. The van der Waals surface area contributed by atoms with Gasteiger partial charge in [0.1, 0.15) is 0 Å². The van der Waals surface area contributed by atoms with Crippen molar-refractivity contribution >= 4 is 22.9 Å². The highest BCUT2D eigenvalue weighted by Crippen LogP contribution is 2.21. The SMILES string of the molecule is Clc1ccsc1CNCCCN1CCOCC1. The van der Waals surface area contributed by atoms with Crippen LogP contribution in [-0.4, -0.2) is 44.3 Å². The van der Waals surface area contributed by atoms with E-state index in [1.807, 2.05) is 11.4 Å². The predicted molar refractivity (Wildman–Crippen MR) is 72.9 cm³/mol. The first-order valence-corrected chi connectivity index (χ1v) is 7.35. The van der Waals surface area contributed by atoms with E-state index < -0.39 is 0 Å². The highest BCUT2D eigenvalue weighted by molar-refractivity contribution is 7.10. The summed E-state index contributed by atoms with van der Waals surface area (Å²) in [5.41, 5.74) is 0. The van der Waals surface area contributed by atoms with Crippen LogP contribution in [0, 0.1) is 0 Å². The van der Waals surface area contributed by atoms with E-state index in [0.717, 1.165) is 51.0 Å². The van der Waals surface area contributed by atoms with Crippen LogP contribution in [0.25, 0.3) is 0 Å². The van der Waals surface area contributed by atoms with Gasteiger partial charge in [0.25, 0.3) is 0 Å². The van der Waals surface area contributed by atoms with Gasteiger partial charge in [0.2, 0.25) is 0 Å². The van der Waals surface area contributed by atoms with Gasteiger partial charge in [-0.25, -0.2) is 0 Å². The van der Waals surface area contributed by atoms with Crippen LogP contribution in [0.2, 0.25) is 5.02 Å². The van der Waals surface area contributed by atoms with Gasteiger partial charge in [-0.15, -0.1) is 11.3 Å². The Labute approximate surface area is 112 Å². The minimum atomic E-state index is 0.885. The summed E-state index contributed by atoms with van der Waals surface area (Å²) >= 11 is 7.74. The summed E-state index contributed by atoms with van der Waals surface area (Å²) in [7, 11) is 0. The molecule has 0 spiro atoms. The lowest BCUT2D eigenvalue weighted by Crippen LogP contribution is -2.37. The van der Waals surface area contributed by atoms with Crippen molar-refractivity contribution < 1.29 is 4.74 Å². The lowest BCUT2D eigenvalue weighted by atomic mass is 10.3. The Morgan fingerprint density at radius 3 is 2.94 bits per heavy atom. The number of nitrogens with one attached hydrogen (secondary N) is 1. The number of thiophene rings is 1. The maximum absolute atomic E-state index is 6.02. The van der Waals surface area contributed by atoms with E-state index in [2.05, 4.69) is 10.2 Å². The summed E-state index contributed by atoms with van der Waals surface area (Å²) in [6.45, 7) is 7.03. The number of nitrogens with zero attached hydrogens (tertiary/aromatic N) is 1. The highest BCUT2D eigenvalue weighted by atomic mass is 35.5. The summed E-state index contributed by atoms with van der Waals surface area (Å²) < 4.78 is 5.32. The van der Waals surface area contributed by atoms with E-state index in [4.69, 9.17) is 16.3 Å². The van der Waals surface area contributed by atoms with E-state index in [0.29, 0.717) is 0 Å². The van der Waals surface area contributed by atoms with Crippen molar-refractivity contribution in [3.05, 3.63) is 21.3 Å². The second-order valence-electron chi connectivity index (χ2n) is 4.18. The molecule has 0 aromatic carbocycles. The molecule has 5 heteroatoms. The predicted octanol–water partition coefficient (Wildman–Crippen LogP) is 2.21. The van der Waals surface area contributed by atoms with Crippen LogP contribution in [0.4, 0.5) is 0 Å². The average molecular weight is 275 g/mol. The minimum absolute atomic E-state index is 0.885. The molecule has 1 fully saturated rings. The fraction of sp³-hybridized carbons (Fsp3) is 0.667. The molecule has 0 saturated carbocycles. The van der Waals surface area contributed by atoms with Crippen LogP contribution in [0.5, 0.6) is 0 Å². The fourth-order valence-electron chi connectivity index (χ4n) is 1.91. The van der Waals surface area contributed by atoms with Crippen molar-refractivity contribution in [1.29, 1.82) is 0 Å². The molecular weight excluding hydrogens is 256 g/mol. The second kappa shape index (κ2) is 7.34. The van der Waals surface area contributed by atoms with Crippen LogP contribution in [-0.2, 0) is 11.3 Å². The molecule has 2 rings (SSSR count). The van der Waals surface area contributed by atoms with Gasteiger partial charge in [0.15, 0.2) is 0 Å². The lowest BCUT2D eigenvalue weighted by Gasteiger charge is -2.26. The number of ether oxygens (including phenoxy) is 1. The number of rotatable bonds is 6. The Kier molecular flexibility index (Phi) is 5.74. The van der Waals surface area contributed by atoms with Crippen molar-refractivity contribution in [2.75, 3.05) is 39.4 Å². The van der Waals surface area contributed by atoms with Gasteiger partial charge in [-0.2, -0.15) is 0 Å². The molecule has 3 nitrogen and oxygen atoms in total. The monoisotopic (exact) mass is 274 g/mol. The van der Waals surface area contributed by atoms with Crippen molar-refractivity contribution in [2.45, 2.75) is 13.0 Å². The van der Waals surface area contributed by atoms with Crippen molar-refractivity contribution in [2.24, 2.45) is 0 Å². The standard InChI is InChI=1S/C12H19ClN2OS/c13-11-2-9-17-12(11)10-14-3-1-4-15-5-7-16-8-6-15/h2,9,14H,1,3-8,10H2. The van der Waals surface area contributed by atoms with Gasteiger partial charge < -0.3 is 10.1 Å². The van der Waals surface area contributed by atoms with Crippen LogP contribution in [0.1, 0.15) is 11.3 Å². The molecule has 0 atom stereocenters. The summed E-state index contributed by atoms with van der Waals surface area (Å²) in [6.07, 6.45) is 1.18. The minimum Gasteiger partial charge on any atom is -0.379 e. The van der Waals surface area contributed by atoms with Gasteiger partial charge in [0.05, 0.1) is 18.2 Å². The molecule has 1 aliphatic rings. The number of morpholine rings is 1. The molecule has 2 heterocycles. The zero-order valence-corrected chi connectivity index (χ0v) is 11.5. The molecule has 0 radical (unpaired) electrons. The number of hydrogen-bond acceptors (Lipinski definition) is 4. The van der Waals surface area contributed by atoms with Crippen molar-refractivity contribution in [3.8, 4) is 0 Å². The topological polar surface area (TPSA) is 24.5 Å². The maximum atomic E-state index is 6.02. The highest BCUT2D eigenvalue weighted by Gasteiger charge is 2.09. The van der Waals surface area contributed by atoms with E-state index in [1.54, 1.807) is 11.3 Å². The van der Waals surface area contributed by atoms with E-state index in [9.17, 15) is 0 Å². The molecule has 1 saturated heterocycles. The van der Waals surface area contributed by atoms with Crippen molar-refractivity contribution in [1.82, 2.24) is 10.2 Å². The first-order valence-electron chi connectivity index (χ1n) is 6.09. The van der Waals surface area contributed by atoms with Gasteiger partial charge in [-0.3, -0.25) is 4.90 Å². The molecule has 1 N–H and O–H groups in total. The molecule has 0 amide bonds. The van der Waals surface area contributed by atoms with E-state index >= 15 is 0 Å². The molecule has 17 heavy (non-hydrogen) atoms. The van der Waals surface area contributed by atoms with Gasteiger partial charge >= 0.3 is 0 Å². The molecule has 0 bridgehead atoms. The molecule has 0 unspecified atom stereocenters.